The molecule has 17 heavy (non-hydrogen) atoms. The van der Waals surface area contributed by atoms with Crippen LogP contribution in [0.1, 0.15) is 29.8 Å². The molecule has 0 aliphatic heterocycles. The first-order valence-electron chi connectivity index (χ1n) is 5.47. The van der Waals surface area contributed by atoms with Crippen LogP contribution in [0.4, 0.5) is 0 Å². The highest BCUT2D eigenvalue weighted by Gasteiger charge is 2.09. The van der Waals surface area contributed by atoms with Crippen molar-refractivity contribution in [2.24, 2.45) is 5.92 Å². The van der Waals surface area contributed by atoms with Crippen molar-refractivity contribution < 1.29 is 9.90 Å². The summed E-state index contributed by atoms with van der Waals surface area (Å²) in [6, 6.07) is 1.62. The Balaban J connectivity index is 2.85. The van der Waals surface area contributed by atoms with Crippen LogP contribution < -0.4 is 5.32 Å². The molecule has 0 aliphatic rings. The molecule has 1 aromatic rings. The highest BCUT2D eigenvalue weighted by Crippen LogP contribution is 2.05. The molecule has 0 aromatic carbocycles. The molecule has 4 heteroatoms. The Bertz CT molecular complexity index is 444. The Kier molecular flexibility index (Phi) is 5.18. The topological polar surface area (TPSA) is 62.2 Å². The molecule has 0 unspecified atom stereocenters. The van der Waals surface area contributed by atoms with Crippen molar-refractivity contribution >= 4 is 5.91 Å². The number of pyridine rings is 1. The Morgan fingerprint density at radius 3 is 3.00 bits per heavy atom. The molecule has 1 heterocycles. The summed E-state index contributed by atoms with van der Waals surface area (Å²) in [7, 11) is 0. The van der Waals surface area contributed by atoms with E-state index in [4.69, 9.17) is 5.11 Å². The maximum Gasteiger partial charge on any atom is 0.252 e. The molecule has 4 nitrogen and oxygen atoms in total. The Hall–Kier alpha value is -1.86. The summed E-state index contributed by atoms with van der Waals surface area (Å²) >= 11 is 0. The third-order valence-corrected chi connectivity index (χ3v) is 2.04. The molecule has 0 aliphatic carbocycles. The summed E-state index contributed by atoms with van der Waals surface area (Å²) in [6.07, 6.45) is 3.07. The maximum absolute atomic E-state index is 11.9. The molecule has 0 fully saturated rings. The van der Waals surface area contributed by atoms with E-state index >= 15 is 0 Å². The minimum Gasteiger partial charge on any atom is -0.384 e. The van der Waals surface area contributed by atoms with Gasteiger partial charge in [0, 0.05) is 18.9 Å². The van der Waals surface area contributed by atoms with Gasteiger partial charge in [-0.2, -0.15) is 0 Å². The van der Waals surface area contributed by atoms with Crippen LogP contribution in [0.25, 0.3) is 0 Å². The molecule has 1 rings (SSSR count). The number of nitrogens with zero attached hydrogens (tertiary/aromatic N) is 1. The van der Waals surface area contributed by atoms with Crippen LogP contribution in [0.15, 0.2) is 18.5 Å². The second kappa shape index (κ2) is 6.66. The van der Waals surface area contributed by atoms with E-state index in [2.05, 4.69) is 22.1 Å². The van der Waals surface area contributed by atoms with Gasteiger partial charge in [-0.15, -0.1) is 0 Å². The van der Waals surface area contributed by atoms with Gasteiger partial charge in [-0.25, -0.2) is 0 Å². The molecule has 0 saturated carbocycles. The van der Waals surface area contributed by atoms with E-state index in [0.717, 1.165) is 0 Å². The largest absolute Gasteiger partial charge is 0.384 e. The molecule has 0 atom stereocenters. The van der Waals surface area contributed by atoms with Gasteiger partial charge in [0.2, 0.25) is 0 Å². The third kappa shape index (κ3) is 4.25. The van der Waals surface area contributed by atoms with Gasteiger partial charge in [0.25, 0.3) is 5.91 Å². The fraction of sp³-hybridized carbons (Fsp3) is 0.385. The fourth-order valence-electron chi connectivity index (χ4n) is 1.22. The SMILES string of the molecule is CC(C)CNC(=O)c1ccncc1C#CCO. The lowest BCUT2D eigenvalue weighted by Crippen LogP contribution is -2.28. The smallest absolute Gasteiger partial charge is 0.252 e. The number of aliphatic hydroxyl groups is 1. The van der Waals surface area contributed by atoms with Crippen molar-refractivity contribution in [3.05, 3.63) is 29.6 Å². The van der Waals surface area contributed by atoms with Crippen LogP contribution in [0.3, 0.4) is 0 Å². The zero-order valence-electron chi connectivity index (χ0n) is 10.0. The summed E-state index contributed by atoms with van der Waals surface area (Å²) in [5.74, 6) is 5.45. The van der Waals surface area contributed by atoms with Crippen LogP contribution in [0.5, 0.6) is 0 Å². The highest BCUT2D eigenvalue weighted by atomic mass is 16.2. The lowest BCUT2D eigenvalue weighted by atomic mass is 10.1. The molecule has 2 N–H and O–H groups in total. The van der Waals surface area contributed by atoms with E-state index in [1.807, 2.05) is 13.8 Å². The van der Waals surface area contributed by atoms with E-state index in [-0.39, 0.29) is 12.5 Å². The molecule has 1 aromatic heterocycles. The quantitative estimate of drug-likeness (QED) is 0.758. The molecule has 0 bridgehead atoms. The minimum absolute atomic E-state index is 0.164. The van der Waals surface area contributed by atoms with Gasteiger partial charge in [-0.3, -0.25) is 9.78 Å². The maximum atomic E-state index is 11.9. The fourth-order valence-corrected chi connectivity index (χ4v) is 1.22. The van der Waals surface area contributed by atoms with E-state index in [9.17, 15) is 4.79 Å². The van der Waals surface area contributed by atoms with Crippen molar-refractivity contribution in [1.82, 2.24) is 10.3 Å². The van der Waals surface area contributed by atoms with Crippen molar-refractivity contribution in [2.75, 3.05) is 13.2 Å². The van der Waals surface area contributed by atoms with E-state index < -0.39 is 0 Å². The van der Waals surface area contributed by atoms with Crippen molar-refractivity contribution in [3.8, 4) is 11.8 Å². The number of carbonyl (C=O) groups is 1. The Morgan fingerprint density at radius 2 is 2.35 bits per heavy atom. The predicted molar refractivity (Wildman–Crippen MR) is 65.4 cm³/mol. The first-order chi connectivity index (χ1) is 8.15. The zero-order chi connectivity index (χ0) is 12.7. The monoisotopic (exact) mass is 232 g/mol. The summed E-state index contributed by atoms with van der Waals surface area (Å²) in [6.45, 7) is 4.44. The van der Waals surface area contributed by atoms with Gasteiger partial charge in [0.05, 0.1) is 11.1 Å². The van der Waals surface area contributed by atoms with Gasteiger partial charge >= 0.3 is 0 Å². The number of nitrogens with one attached hydrogen (secondary N) is 1. The van der Waals surface area contributed by atoms with Crippen LogP contribution >= 0.6 is 0 Å². The molecule has 0 radical (unpaired) electrons. The summed E-state index contributed by atoms with van der Waals surface area (Å²) in [5, 5.41) is 11.5. The van der Waals surface area contributed by atoms with E-state index in [1.54, 1.807) is 12.3 Å². The Labute approximate surface area is 101 Å². The second-order valence-electron chi connectivity index (χ2n) is 3.99. The van der Waals surface area contributed by atoms with Crippen LogP contribution in [-0.2, 0) is 0 Å². The summed E-state index contributed by atoms with van der Waals surface area (Å²) in [4.78, 5) is 15.8. The van der Waals surface area contributed by atoms with Gasteiger partial charge in [0.1, 0.15) is 6.61 Å². The number of carbonyl (C=O) groups excluding carboxylic acids is 1. The second-order valence-corrected chi connectivity index (χ2v) is 3.99. The van der Waals surface area contributed by atoms with E-state index in [0.29, 0.717) is 23.6 Å². The highest BCUT2D eigenvalue weighted by molar-refractivity contribution is 5.96. The van der Waals surface area contributed by atoms with Crippen molar-refractivity contribution in [2.45, 2.75) is 13.8 Å². The number of hydrogen-bond donors (Lipinski definition) is 2. The number of aromatic nitrogens is 1. The average Bonchev–Trinajstić information content (AvgIpc) is 2.33. The predicted octanol–water partition coefficient (Wildman–Crippen LogP) is 0.811. The molecule has 90 valence electrons. The van der Waals surface area contributed by atoms with Crippen LogP contribution in [-0.4, -0.2) is 29.1 Å². The molecular formula is C13H16N2O2. The Morgan fingerprint density at radius 1 is 1.59 bits per heavy atom. The van der Waals surface area contributed by atoms with Gasteiger partial charge < -0.3 is 10.4 Å². The molecule has 0 spiro atoms. The zero-order valence-corrected chi connectivity index (χ0v) is 10.0. The average molecular weight is 232 g/mol. The number of amides is 1. The van der Waals surface area contributed by atoms with Crippen LogP contribution in [0, 0.1) is 17.8 Å². The normalized spacial score (nSPS) is 9.65. The van der Waals surface area contributed by atoms with Crippen molar-refractivity contribution in [1.29, 1.82) is 0 Å². The third-order valence-electron chi connectivity index (χ3n) is 2.04. The minimum atomic E-state index is -0.234. The summed E-state index contributed by atoms with van der Waals surface area (Å²) < 4.78 is 0. The van der Waals surface area contributed by atoms with E-state index in [1.165, 1.54) is 6.20 Å². The molecule has 1 amide bonds. The first kappa shape index (κ1) is 13.2. The number of hydrogen-bond acceptors (Lipinski definition) is 3. The lowest BCUT2D eigenvalue weighted by Gasteiger charge is -2.08. The molecular weight excluding hydrogens is 216 g/mol. The van der Waals surface area contributed by atoms with Gasteiger partial charge in [0.15, 0.2) is 0 Å². The number of rotatable bonds is 3. The first-order valence-corrected chi connectivity index (χ1v) is 5.47. The number of aliphatic hydroxyl groups excluding tert-OH is 1. The standard InChI is InChI=1S/C13H16N2O2/c1-10(2)8-15-13(17)12-5-6-14-9-11(12)4-3-7-16/h5-6,9-10,16H,7-8H2,1-2H3,(H,15,17). The van der Waals surface area contributed by atoms with Crippen molar-refractivity contribution in [3.63, 3.8) is 0 Å². The van der Waals surface area contributed by atoms with Gasteiger partial charge in [-0.1, -0.05) is 25.7 Å². The lowest BCUT2D eigenvalue weighted by molar-refractivity contribution is 0.0948. The van der Waals surface area contributed by atoms with Crippen LogP contribution in [0.2, 0.25) is 0 Å². The summed E-state index contributed by atoms with van der Waals surface area (Å²) in [5.41, 5.74) is 1.02. The van der Waals surface area contributed by atoms with Gasteiger partial charge in [-0.05, 0) is 12.0 Å². The molecule has 0 saturated heterocycles.